The number of fused-ring (bicyclic) bond motifs is 1. The minimum atomic E-state index is -0.381. The van der Waals surface area contributed by atoms with Gasteiger partial charge in [-0.1, -0.05) is 5.22 Å². The number of rotatable bonds is 8. The van der Waals surface area contributed by atoms with E-state index in [0.29, 0.717) is 23.3 Å². The topological polar surface area (TPSA) is 117 Å². The first-order valence-corrected chi connectivity index (χ1v) is 13.0. The first-order valence-electron chi connectivity index (χ1n) is 13.0. The molecule has 0 bridgehead atoms. The summed E-state index contributed by atoms with van der Waals surface area (Å²) >= 11 is 0. The summed E-state index contributed by atoms with van der Waals surface area (Å²) in [5.41, 5.74) is 5.26. The normalized spacial score (nSPS) is 22.9. The SMILES string of the molecule is CN=NNN(C)c1cc(Nc2ncc(C#N)c(N[C@@H]3CC4CCCN4C(C)(C)C3)n2)c(F)cc1C1CC1. The van der Waals surface area contributed by atoms with Crippen molar-refractivity contribution in [3.05, 3.63) is 35.3 Å². The smallest absolute Gasteiger partial charge is 0.229 e. The maximum absolute atomic E-state index is 15.2. The molecule has 1 aromatic carbocycles. The van der Waals surface area contributed by atoms with Crippen LogP contribution in [0, 0.1) is 17.1 Å². The molecule has 37 heavy (non-hydrogen) atoms. The molecular weight excluding hydrogens is 471 g/mol. The molecule has 1 saturated carbocycles. The van der Waals surface area contributed by atoms with E-state index in [1.54, 1.807) is 24.2 Å². The molecule has 2 aromatic rings. The van der Waals surface area contributed by atoms with Crippen LogP contribution in [0.1, 0.15) is 69.4 Å². The Morgan fingerprint density at radius 1 is 1.27 bits per heavy atom. The summed E-state index contributed by atoms with van der Waals surface area (Å²) in [4.78, 5) is 11.5. The predicted octanol–water partition coefficient (Wildman–Crippen LogP) is 4.86. The molecule has 3 heterocycles. The quantitative estimate of drug-likeness (QED) is 0.343. The zero-order valence-electron chi connectivity index (χ0n) is 21.9. The molecule has 5 rings (SSSR count). The van der Waals surface area contributed by atoms with Gasteiger partial charge in [0.15, 0.2) is 0 Å². The lowest BCUT2D eigenvalue weighted by Gasteiger charge is -2.47. The van der Waals surface area contributed by atoms with Gasteiger partial charge < -0.3 is 10.6 Å². The number of nitriles is 1. The molecule has 2 atom stereocenters. The molecule has 0 spiro atoms. The van der Waals surface area contributed by atoms with Crippen molar-refractivity contribution in [3.63, 3.8) is 0 Å². The summed E-state index contributed by atoms with van der Waals surface area (Å²) < 4.78 is 15.2. The third-order valence-corrected chi connectivity index (χ3v) is 7.74. The number of nitrogens with zero attached hydrogens (tertiary/aromatic N) is 7. The van der Waals surface area contributed by atoms with Gasteiger partial charge in [-0.25, -0.2) is 14.9 Å². The molecule has 1 aliphatic carbocycles. The van der Waals surface area contributed by atoms with Crippen molar-refractivity contribution in [2.45, 2.75) is 75.9 Å². The highest BCUT2D eigenvalue weighted by molar-refractivity contribution is 5.68. The van der Waals surface area contributed by atoms with E-state index in [1.165, 1.54) is 19.0 Å². The van der Waals surface area contributed by atoms with Crippen molar-refractivity contribution in [3.8, 4) is 6.07 Å². The van der Waals surface area contributed by atoms with Gasteiger partial charge in [0.1, 0.15) is 23.3 Å². The van der Waals surface area contributed by atoms with Crippen LogP contribution in [0.15, 0.2) is 28.7 Å². The Hall–Kier alpha value is -3.52. The fourth-order valence-electron chi connectivity index (χ4n) is 5.92. The Labute approximate surface area is 217 Å². The minimum Gasteiger partial charge on any atom is -0.366 e. The number of hydrogen-bond donors (Lipinski definition) is 3. The van der Waals surface area contributed by atoms with Crippen LogP contribution < -0.4 is 21.2 Å². The van der Waals surface area contributed by atoms with Crippen molar-refractivity contribution < 1.29 is 4.39 Å². The number of hydrazine groups is 1. The Morgan fingerprint density at radius 3 is 2.81 bits per heavy atom. The number of aromatic nitrogens is 2. The third kappa shape index (κ3) is 5.30. The van der Waals surface area contributed by atoms with E-state index in [0.717, 1.165) is 43.5 Å². The van der Waals surface area contributed by atoms with Gasteiger partial charge >= 0.3 is 0 Å². The largest absolute Gasteiger partial charge is 0.366 e. The second-order valence-corrected chi connectivity index (χ2v) is 10.9. The number of anilines is 4. The highest BCUT2D eigenvalue weighted by Crippen LogP contribution is 2.45. The summed E-state index contributed by atoms with van der Waals surface area (Å²) in [7, 11) is 3.39. The zero-order chi connectivity index (χ0) is 26.2. The van der Waals surface area contributed by atoms with E-state index in [2.05, 4.69) is 61.3 Å². The summed E-state index contributed by atoms with van der Waals surface area (Å²) in [6.07, 6.45) is 7.95. The number of hydrogen-bond acceptors (Lipinski definition) is 9. The van der Waals surface area contributed by atoms with E-state index in [-0.39, 0.29) is 29.0 Å². The van der Waals surface area contributed by atoms with Crippen molar-refractivity contribution in [1.29, 1.82) is 5.26 Å². The van der Waals surface area contributed by atoms with Gasteiger partial charge in [0.2, 0.25) is 5.95 Å². The van der Waals surface area contributed by atoms with Crippen LogP contribution >= 0.6 is 0 Å². The highest BCUT2D eigenvalue weighted by Gasteiger charge is 2.43. The average Bonchev–Trinajstić information content (AvgIpc) is 3.60. The predicted molar refractivity (Wildman–Crippen MR) is 141 cm³/mol. The molecule has 1 aromatic heterocycles. The minimum absolute atomic E-state index is 0.0816. The second-order valence-electron chi connectivity index (χ2n) is 10.9. The van der Waals surface area contributed by atoms with Crippen molar-refractivity contribution >= 4 is 23.1 Å². The molecule has 3 N–H and O–H groups in total. The van der Waals surface area contributed by atoms with E-state index in [4.69, 9.17) is 0 Å². The third-order valence-electron chi connectivity index (χ3n) is 7.74. The van der Waals surface area contributed by atoms with Gasteiger partial charge in [-0.15, -0.1) is 0 Å². The molecule has 11 heteroatoms. The monoisotopic (exact) mass is 506 g/mol. The molecule has 196 valence electrons. The standard InChI is InChI=1S/C26H35FN10/c1-26(2)13-18(10-19-6-5-9-37(19)26)31-24-17(14-28)15-30-25(33-24)32-22-12-23(36(4)35-34-29-3)20(11-21(22)27)16-7-8-16/h11-12,15-16,18-19H,5-10,13H2,1-4H3,(H,29,35)(H2,30,31,32,33)/t18-,19?/m1/s1. The lowest BCUT2D eigenvalue weighted by Crippen LogP contribution is -2.55. The summed E-state index contributed by atoms with van der Waals surface area (Å²) in [5, 5.41) is 25.5. The Balaban J connectivity index is 1.39. The van der Waals surface area contributed by atoms with Gasteiger partial charge in [-0.3, -0.25) is 9.91 Å². The van der Waals surface area contributed by atoms with Gasteiger partial charge in [0.25, 0.3) is 0 Å². The summed E-state index contributed by atoms with van der Waals surface area (Å²) in [6, 6.07) is 6.22. The van der Waals surface area contributed by atoms with E-state index < -0.39 is 0 Å². The zero-order valence-corrected chi connectivity index (χ0v) is 21.9. The Kier molecular flexibility index (Phi) is 6.86. The van der Waals surface area contributed by atoms with E-state index in [1.807, 2.05) is 7.05 Å². The van der Waals surface area contributed by atoms with Crippen LogP contribution in [0.5, 0.6) is 0 Å². The maximum atomic E-state index is 15.2. The number of piperidine rings is 1. The van der Waals surface area contributed by atoms with Crippen molar-refractivity contribution in [2.24, 2.45) is 10.3 Å². The molecule has 10 nitrogen and oxygen atoms in total. The van der Waals surface area contributed by atoms with E-state index in [9.17, 15) is 5.26 Å². The molecule has 1 unspecified atom stereocenters. The number of nitrogens with one attached hydrogen (secondary N) is 3. The van der Waals surface area contributed by atoms with Crippen LogP contribution in [-0.4, -0.2) is 53.1 Å². The molecule has 3 aliphatic rings. The fraction of sp³-hybridized carbons (Fsp3) is 0.577. The molecular formula is C26H35FN10. The van der Waals surface area contributed by atoms with Crippen molar-refractivity contribution in [2.75, 3.05) is 36.3 Å². The molecule has 2 saturated heterocycles. The molecule has 3 fully saturated rings. The Bertz CT molecular complexity index is 1220. The first-order chi connectivity index (χ1) is 17.8. The lowest BCUT2D eigenvalue weighted by atomic mass is 9.84. The van der Waals surface area contributed by atoms with E-state index >= 15 is 4.39 Å². The van der Waals surface area contributed by atoms with Crippen LogP contribution in [0.2, 0.25) is 0 Å². The van der Waals surface area contributed by atoms with Crippen molar-refractivity contribution in [1.82, 2.24) is 20.4 Å². The summed E-state index contributed by atoms with van der Waals surface area (Å²) in [6.45, 7) is 5.72. The van der Waals surface area contributed by atoms with Crippen LogP contribution in [0.3, 0.4) is 0 Å². The number of benzene rings is 1. The van der Waals surface area contributed by atoms with Gasteiger partial charge in [-0.05, 0) is 82.5 Å². The maximum Gasteiger partial charge on any atom is 0.229 e. The second kappa shape index (κ2) is 10.1. The van der Waals surface area contributed by atoms with Gasteiger partial charge in [-0.2, -0.15) is 15.4 Å². The molecule has 0 amide bonds. The molecule has 2 aliphatic heterocycles. The summed E-state index contributed by atoms with van der Waals surface area (Å²) in [5.74, 6) is 0.657. The highest BCUT2D eigenvalue weighted by atomic mass is 19.1. The Morgan fingerprint density at radius 2 is 2.08 bits per heavy atom. The fourth-order valence-corrected chi connectivity index (χ4v) is 5.92. The van der Waals surface area contributed by atoms with Gasteiger partial charge in [0.05, 0.1) is 24.6 Å². The van der Waals surface area contributed by atoms with Gasteiger partial charge in [0, 0.05) is 24.7 Å². The van der Waals surface area contributed by atoms with Crippen LogP contribution in [0.4, 0.5) is 27.5 Å². The molecule has 0 radical (unpaired) electrons. The van der Waals surface area contributed by atoms with Crippen LogP contribution in [-0.2, 0) is 0 Å². The number of halogens is 1. The van der Waals surface area contributed by atoms with Crippen LogP contribution in [0.25, 0.3) is 0 Å². The first kappa shape index (κ1) is 25.1. The lowest BCUT2D eigenvalue weighted by molar-refractivity contribution is 0.0501. The average molecular weight is 507 g/mol.